The van der Waals surface area contributed by atoms with Crippen molar-refractivity contribution in [1.82, 2.24) is 5.16 Å². The third-order valence-corrected chi connectivity index (χ3v) is 7.34. The maximum atomic E-state index is 12.9. The van der Waals surface area contributed by atoms with Crippen molar-refractivity contribution in [3.63, 3.8) is 0 Å². The average molecular weight is 465 g/mol. The number of amides is 1. The fourth-order valence-corrected chi connectivity index (χ4v) is 5.50. The van der Waals surface area contributed by atoms with E-state index in [1.54, 1.807) is 26.8 Å². The van der Waals surface area contributed by atoms with Crippen LogP contribution in [0.4, 0.5) is 11.5 Å². The number of anilines is 2. The van der Waals surface area contributed by atoms with E-state index in [9.17, 15) is 18.5 Å². The van der Waals surface area contributed by atoms with Crippen molar-refractivity contribution >= 4 is 50.4 Å². The number of rotatable bonds is 5. The first-order valence-corrected chi connectivity index (χ1v) is 11.3. The highest BCUT2D eigenvalue weighted by molar-refractivity contribution is 7.93. The SMILES string of the molecule is Cc1cc(C)c(NC(=O)c2sccc2S(=O)(=O)Nc2noc(C)c2Cl)c(C)c1C#N. The summed E-state index contributed by atoms with van der Waals surface area (Å²) in [5.41, 5.74) is 3.12. The molecular weight excluding hydrogens is 448 g/mol. The largest absolute Gasteiger partial charge is 0.358 e. The Balaban J connectivity index is 1.95. The molecule has 0 radical (unpaired) electrons. The van der Waals surface area contributed by atoms with Crippen molar-refractivity contribution in [2.75, 3.05) is 10.0 Å². The summed E-state index contributed by atoms with van der Waals surface area (Å²) < 4.78 is 32.7. The van der Waals surface area contributed by atoms with E-state index in [4.69, 9.17) is 16.1 Å². The second-order valence-corrected chi connectivity index (χ2v) is 9.52. The number of nitrogens with one attached hydrogen (secondary N) is 2. The number of aromatic nitrogens is 1. The summed E-state index contributed by atoms with van der Waals surface area (Å²) in [5, 5.41) is 17.2. The Hall–Kier alpha value is -2.87. The number of hydrogen-bond acceptors (Lipinski definition) is 7. The van der Waals surface area contributed by atoms with E-state index in [1.165, 1.54) is 11.4 Å². The summed E-state index contributed by atoms with van der Waals surface area (Å²) in [7, 11) is -4.15. The summed E-state index contributed by atoms with van der Waals surface area (Å²) in [6, 6.07) is 5.24. The average Bonchev–Trinajstić information content (AvgIpc) is 3.28. The molecule has 2 aromatic heterocycles. The maximum Gasteiger partial charge on any atom is 0.267 e. The van der Waals surface area contributed by atoms with Gasteiger partial charge in [-0.1, -0.05) is 22.8 Å². The molecule has 0 atom stereocenters. The van der Waals surface area contributed by atoms with Gasteiger partial charge in [-0.25, -0.2) is 8.42 Å². The van der Waals surface area contributed by atoms with Gasteiger partial charge in [0.15, 0.2) is 5.76 Å². The zero-order chi connectivity index (χ0) is 22.2. The zero-order valence-electron chi connectivity index (χ0n) is 16.5. The number of halogens is 1. The van der Waals surface area contributed by atoms with Crippen LogP contribution in [-0.2, 0) is 10.0 Å². The van der Waals surface area contributed by atoms with E-state index in [2.05, 4.69) is 21.3 Å². The standard InChI is InChI=1S/C19H17ClN4O4S2/c1-9-7-10(2)16(11(3)13(9)8-21)22-19(25)17-14(5-6-29-17)30(26,27)24-18-15(20)12(4)28-23-18/h5-7H,1-4H3,(H,22,25)(H,23,24). The summed E-state index contributed by atoms with van der Waals surface area (Å²) >= 11 is 6.95. The number of carbonyl (C=O) groups excluding carboxylic acids is 1. The summed E-state index contributed by atoms with van der Waals surface area (Å²) in [5.74, 6) is -0.501. The molecule has 11 heteroatoms. The predicted octanol–water partition coefficient (Wildman–Crippen LogP) is 4.55. The van der Waals surface area contributed by atoms with Gasteiger partial charge in [0.1, 0.15) is 14.8 Å². The Morgan fingerprint density at radius 3 is 2.57 bits per heavy atom. The molecule has 1 aromatic carbocycles. The third-order valence-electron chi connectivity index (χ3n) is 4.47. The minimum atomic E-state index is -4.15. The van der Waals surface area contributed by atoms with Crippen LogP contribution in [-0.4, -0.2) is 19.5 Å². The highest BCUT2D eigenvalue weighted by atomic mass is 35.5. The highest BCUT2D eigenvalue weighted by Gasteiger charge is 2.27. The Labute approximate surface area is 182 Å². The van der Waals surface area contributed by atoms with E-state index in [0.29, 0.717) is 16.8 Å². The van der Waals surface area contributed by atoms with Gasteiger partial charge < -0.3 is 9.84 Å². The lowest BCUT2D eigenvalue weighted by atomic mass is 9.98. The monoisotopic (exact) mass is 464 g/mol. The fraction of sp³-hybridized carbons (Fsp3) is 0.211. The second-order valence-electron chi connectivity index (χ2n) is 6.57. The molecule has 3 rings (SSSR count). The van der Waals surface area contributed by atoms with Crippen LogP contribution in [0.15, 0.2) is 26.9 Å². The van der Waals surface area contributed by atoms with Crippen molar-refractivity contribution in [3.05, 3.63) is 55.4 Å². The quantitative estimate of drug-likeness (QED) is 0.570. The normalized spacial score (nSPS) is 11.2. The summed E-state index contributed by atoms with van der Waals surface area (Å²) in [6.07, 6.45) is 0. The predicted molar refractivity (Wildman–Crippen MR) is 115 cm³/mol. The van der Waals surface area contributed by atoms with Crippen LogP contribution in [0.1, 0.15) is 37.7 Å². The minimum absolute atomic E-state index is 0.0169. The van der Waals surface area contributed by atoms with Crippen molar-refractivity contribution in [2.24, 2.45) is 0 Å². The topological polar surface area (TPSA) is 125 Å². The highest BCUT2D eigenvalue weighted by Crippen LogP contribution is 2.31. The van der Waals surface area contributed by atoms with Crippen LogP contribution in [0.2, 0.25) is 5.02 Å². The first-order valence-electron chi connectivity index (χ1n) is 8.61. The van der Waals surface area contributed by atoms with Crippen LogP contribution in [0, 0.1) is 39.0 Å². The fourth-order valence-electron chi connectivity index (χ4n) is 3.00. The first-order chi connectivity index (χ1) is 14.1. The van der Waals surface area contributed by atoms with Crippen LogP contribution in [0.5, 0.6) is 0 Å². The summed E-state index contributed by atoms with van der Waals surface area (Å²) in [4.78, 5) is 12.7. The maximum absolute atomic E-state index is 12.9. The molecule has 0 aliphatic rings. The lowest BCUT2D eigenvalue weighted by Crippen LogP contribution is -2.19. The Kier molecular flexibility index (Phi) is 5.90. The molecule has 1 amide bonds. The van der Waals surface area contributed by atoms with Gasteiger partial charge in [-0.15, -0.1) is 11.3 Å². The lowest BCUT2D eigenvalue weighted by Gasteiger charge is -2.15. The molecule has 8 nitrogen and oxygen atoms in total. The Morgan fingerprint density at radius 2 is 1.97 bits per heavy atom. The van der Waals surface area contributed by atoms with Crippen molar-refractivity contribution in [2.45, 2.75) is 32.6 Å². The Bertz CT molecular complexity index is 1300. The van der Waals surface area contributed by atoms with Gasteiger partial charge in [0.05, 0.1) is 11.6 Å². The van der Waals surface area contributed by atoms with Gasteiger partial charge in [0.2, 0.25) is 5.82 Å². The number of hydrogen-bond donors (Lipinski definition) is 2. The van der Waals surface area contributed by atoms with E-state index in [1.807, 2.05) is 6.92 Å². The summed E-state index contributed by atoms with van der Waals surface area (Å²) in [6.45, 7) is 6.89. The van der Waals surface area contributed by atoms with E-state index < -0.39 is 15.9 Å². The molecule has 30 heavy (non-hydrogen) atoms. The van der Waals surface area contributed by atoms with Gasteiger partial charge in [-0.3, -0.25) is 9.52 Å². The van der Waals surface area contributed by atoms with Gasteiger partial charge in [-0.05, 0) is 55.8 Å². The molecule has 0 unspecified atom stereocenters. The molecule has 3 aromatic rings. The van der Waals surface area contributed by atoms with Crippen molar-refractivity contribution in [3.8, 4) is 6.07 Å². The molecule has 0 saturated carbocycles. The number of benzene rings is 1. The smallest absolute Gasteiger partial charge is 0.267 e. The lowest BCUT2D eigenvalue weighted by molar-refractivity contribution is 0.102. The van der Waals surface area contributed by atoms with E-state index in [0.717, 1.165) is 22.5 Å². The number of nitrogens with zero attached hydrogens (tertiary/aromatic N) is 2. The van der Waals surface area contributed by atoms with Crippen molar-refractivity contribution < 1.29 is 17.7 Å². The second kappa shape index (κ2) is 8.10. The molecule has 0 spiro atoms. The van der Waals surface area contributed by atoms with Crippen LogP contribution >= 0.6 is 22.9 Å². The molecule has 0 aliphatic heterocycles. The van der Waals surface area contributed by atoms with Crippen LogP contribution < -0.4 is 10.0 Å². The number of thiophene rings is 1. The van der Waals surface area contributed by atoms with E-state index in [-0.39, 0.29) is 26.4 Å². The molecule has 2 heterocycles. The molecule has 0 fully saturated rings. The first kappa shape index (κ1) is 21.8. The number of nitriles is 1. The van der Waals surface area contributed by atoms with Crippen LogP contribution in [0.25, 0.3) is 0 Å². The van der Waals surface area contributed by atoms with E-state index >= 15 is 0 Å². The van der Waals surface area contributed by atoms with Crippen LogP contribution in [0.3, 0.4) is 0 Å². The van der Waals surface area contributed by atoms with Gasteiger partial charge in [0.25, 0.3) is 15.9 Å². The molecule has 0 aliphatic carbocycles. The number of carbonyl (C=O) groups is 1. The van der Waals surface area contributed by atoms with Gasteiger partial charge >= 0.3 is 0 Å². The van der Waals surface area contributed by atoms with Gasteiger partial charge in [0, 0.05) is 5.69 Å². The Morgan fingerprint density at radius 1 is 1.27 bits per heavy atom. The third kappa shape index (κ3) is 3.92. The zero-order valence-corrected chi connectivity index (χ0v) is 18.8. The number of sulfonamides is 1. The van der Waals surface area contributed by atoms with Crippen molar-refractivity contribution in [1.29, 1.82) is 5.26 Å². The molecule has 0 saturated heterocycles. The minimum Gasteiger partial charge on any atom is -0.358 e. The molecule has 0 bridgehead atoms. The van der Waals surface area contributed by atoms with Gasteiger partial charge in [-0.2, -0.15) is 5.26 Å². The molecular formula is C19H17ClN4O4S2. The molecule has 2 N–H and O–H groups in total. The molecule has 156 valence electrons. The number of aryl methyl sites for hydroxylation is 3.